The summed E-state index contributed by atoms with van der Waals surface area (Å²) in [5.74, 6) is -0.187. The van der Waals surface area contributed by atoms with Crippen molar-refractivity contribution in [3.63, 3.8) is 0 Å². The molecule has 0 aromatic heterocycles. The maximum atomic E-state index is 12.4. The van der Waals surface area contributed by atoms with E-state index in [1.165, 1.54) is 19.3 Å². The van der Waals surface area contributed by atoms with Gasteiger partial charge in [0.25, 0.3) is 0 Å². The molecule has 2 amide bonds. The Morgan fingerprint density at radius 2 is 2.00 bits per heavy atom. The van der Waals surface area contributed by atoms with Gasteiger partial charge in [0.1, 0.15) is 0 Å². The van der Waals surface area contributed by atoms with Gasteiger partial charge in [-0.25, -0.2) is 0 Å². The summed E-state index contributed by atoms with van der Waals surface area (Å²) in [6.07, 6.45) is 6.16. The summed E-state index contributed by atoms with van der Waals surface area (Å²) in [5, 5.41) is 3.07. The van der Waals surface area contributed by atoms with Crippen LogP contribution < -0.4 is 10.2 Å². The fraction of sp³-hybridized carbons (Fsp3) is 0.579. The highest BCUT2D eigenvalue weighted by atomic mass is 16.2. The van der Waals surface area contributed by atoms with Crippen molar-refractivity contribution in [1.29, 1.82) is 0 Å². The second-order valence-electron chi connectivity index (χ2n) is 6.50. The molecular weight excluding hydrogens is 288 g/mol. The van der Waals surface area contributed by atoms with E-state index >= 15 is 0 Å². The van der Waals surface area contributed by atoms with Gasteiger partial charge in [-0.3, -0.25) is 9.59 Å². The first-order valence-corrected chi connectivity index (χ1v) is 8.77. The average molecular weight is 316 g/mol. The molecular formula is C19H28N2O2. The Kier molecular flexibility index (Phi) is 6.63. The van der Waals surface area contributed by atoms with Crippen LogP contribution in [0, 0.1) is 5.92 Å². The molecule has 0 unspecified atom stereocenters. The second-order valence-corrected chi connectivity index (χ2v) is 6.50. The molecule has 1 fully saturated rings. The number of hydrogen-bond donors (Lipinski definition) is 1. The quantitative estimate of drug-likeness (QED) is 0.746. The molecule has 0 saturated carbocycles. The Balaban J connectivity index is 1.81. The predicted molar refractivity (Wildman–Crippen MR) is 93.3 cm³/mol. The topological polar surface area (TPSA) is 49.4 Å². The summed E-state index contributed by atoms with van der Waals surface area (Å²) in [6.45, 7) is 4.73. The fourth-order valence-electron chi connectivity index (χ4n) is 3.05. The molecule has 2 atom stereocenters. The Hall–Kier alpha value is -1.84. The van der Waals surface area contributed by atoms with E-state index < -0.39 is 0 Å². The molecule has 1 N–H and O–H groups in total. The van der Waals surface area contributed by atoms with Gasteiger partial charge in [0.05, 0.1) is 5.92 Å². The number of para-hydroxylation sites is 1. The molecule has 1 aliphatic heterocycles. The number of nitrogens with zero attached hydrogens (tertiary/aromatic N) is 1. The monoisotopic (exact) mass is 316 g/mol. The first-order valence-electron chi connectivity index (χ1n) is 8.77. The van der Waals surface area contributed by atoms with Gasteiger partial charge >= 0.3 is 0 Å². The highest BCUT2D eigenvalue weighted by Gasteiger charge is 2.35. The summed E-state index contributed by atoms with van der Waals surface area (Å²) in [5.41, 5.74) is 0.875. The number of hydrogen-bond acceptors (Lipinski definition) is 2. The third kappa shape index (κ3) is 5.08. The zero-order chi connectivity index (χ0) is 16.7. The van der Waals surface area contributed by atoms with Crippen molar-refractivity contribution in [2.45, 2.75) is 58.4 Å². The van der Waals surface area contributed by atoms with Gasteiger partial charge in [0.15, 0.2) is 0 Å². The van der Waals surface area contributed by atoms with Crippen LogP contribution in [0.15, 0.2) is 30.3 Å². The lowest BCUT2D eigenvalue weighted by molar-refractivity contribution is -0.126. The summed E-state index contributed by atoms with van der Waals surface area (Å²) in [7, 11) is 0. The maximum absolute atomic E-state index is 12.4. The lowest BCUT2D eigenvalue weighted by Crippen LogP contribution is -2.38. The van der Waals surface area contributed by atoms with Crippen LogP contribution in [-0.2, 0) is 9.59 Å². The van der Waals surface area contributed by atoms with Crippen molar-refractivity contribution < 1.29 is 9.59 Å². The second kappa shape index (κ2) is 8.70. The van der Waals surface area contributed by atoms with Gasteiger partial charge < -0.3 is 10.2 Å². The zero-order valence-corrected chi connectivity index (χ0v) is 14.3. The Labute approximate surface area is 139 Å². The average Bonchev–Trinajstić information content (AvgIpc) is 2.94. The number of carbonyl (C=O) groups is 2. The van der Waals surface area contributed by atoms with Gasteiger partial charge in [0, 0.05) is 24.7 Å². The largest absolute Gasteiger partial charge is 0.353 e. The SMILES string of the molecule is CCCCCC[C@H](C)NC(=O)[C@H]1CC(=O)N(c2ccccc2)C1. The lowest BCUT2D eigenvalue weighted by atomic mass is 10.1. The normalized spacial score (nSPS) is 19.0. The van der Waals surface area contributed by atoms with Crippen LogP contribution in [0.2, 0.25) is 0 Å². The first kappa shape index (κ1) is 17.5. The van der Waals surface area contributed by atoms with Crippen LogP contribution >= 0.6 is 0 Å². The molecule has 126 valence electrons. The third-order valence-corrected chi connectivity index (χ3v) is 4.44. The summed E-state index contributed by atoms with van der Waals surface area (Å²) < 4.78 is 0. The standard InChI is InChI=1S/C19H28N2O2/c1-3-4-5-7-10-15(2)20-19(23)16-13-18(22)21(14-16)17-11-8-6-9-12-17/h6,8-9,11-12,15-16H,3-5,7,10,13-14H2,1-2H3,(H,20,23)/t15-,16-/m0/s1. The number of rotatable bonds is 8. The zero-order valence-electron chi connectivity index (χ0n) is 14.3. The third-order valence-electron chi connectivity index (χ3n) is 4.44. The van der Waals surface area contributed by atoms with E-state index in [1.807, 2.05) is 30.3 Å². The van der Waals surface area contributed by atoms with Gasteiger partial charge in [-0.05, 0) is 25.5 Å². The van der Waals surface area contributed by atoms with E-state index in [2.05, 4.69) is 19.2 Å². The van der Waals surface area contributed by atoms with E-state index in [-0.39, 0.29) is 23.8 Å². The van der Waals surface area contributed by atoms with E-state index in [9.17, 15) is 9.59 Å². The lowest BCUT2D eigenvalue weighted by Gasteiger charge is -2.18. The Morgan fingerprint density at radius 1 is 1.26 bits per heavy atom. The van der Waals surface area contributed by atoms with E-state index in [1.54, 1.807) is 4.90 Å². The van der Waals surface area contributed by atoms with Gasteiger partial charge in [-0.15, -0.1) is 0 Å². The van der Waals surface area contributed by atoms with Crippen LogP contribution in [0.3, 0.4) is 0 Å². The molecule has 0 spiro atoms. The Morgan fingerprint density at radius 3 is 2.70 bits per heavy atom. The molecule has 4 nitrogen and oxygen atoms in total. The highest BCUT2D eigenvalue weighted by molar-refractivity contribution is 6.00. The van der Waals surface area contributed by atoms with Crippen LogP contribution in [-0.4, -0.2) is 24.4 Å². The van der Waals surface area contributed by atoms with Crippen molar-refractivity contribution in [2.24, 2.45) is 5.92 Å². The van der Waals surface area contributed by atoms with Crippen LogP contribution in [0.1, 0.15) is 52.4 Å². The minimum atomic E-state index is -0.235. The smallest absolute Gasteiger partial charge is 0.227 e. The van der Waals surface area contributed by atoms with E-state index in [4.69, 9.17) is 0 Å². The number of carbonyl (C=O) groups excluding carboxylic acids is 2. The summed E-state index contributed by atoms with van der Waals surface area (Å²) in [6, 6.07) is 9.75. The molecule has 0 radical (unpaired) electrons. The molecule has 4 heteroatoms. The summed E-state index contributed by atoms with van der Waals surface area (Å²) in [4.78, 5) is 26.3. The van der Waals surface area contributed by atoms with E-state index in [0.29, 0.717) is 13.0 Å². The summed E-state index contributed by atoms with van der Waals surface area (Å²) >= 11 is 0. The van der Waals surface area contributed by atoms with Crippen molar-refractivity contribution >= 4 is 17.5 Å². The molecule has 0 aliphatic carbocycles. The molecule has 1 aromatic rings. The van der Waals surface area contributed by atoms with E-state index in [0.717, 1.165) is 18.5 Å². The van der Waals surface area contributed by atoms with Gasteiger partial charge in [-0.1, -0.05) is 50.8 Å². The van der Waals surface area contributed by atoms with Gasteiger partial charge in [0.2, 0.25) is 11.8 Å². The van der Waals surface area contributed by atoms with Crippen molar-refractivity contribution in [1.82, 2.24) is 5.32 Å². The van der Waals surface area contributed by atoms with Crippen molar-refractivity contribution in [3.8, 4) is 0 Å². The molecule has 0 bridgehead atoms. The van der Waals surface area contributed by atoms with Gasteiger partial charge in [-0.2, -0.15) is 0 Å². The minimum Gasteiger partial charge on any atom is -0.353 e. The number of nitrogens with one attached hydrogen (secondary N) is 1. The molecule has 2 rings (SSSR count). The van der Waals surface area contributed by atoms with Crippen LogP contribution in [0.5, 0.6) is 0 Å². The van der Waals surface area contributed by atoms with Crippen LogP contribution in [0.25, 0.3) is 0 Å². The molecule has 1 saturated heterocycles. The first-order chi connectivity index (χ1) is 11.1. The molecule has 1 heterocycles. The van der Waals surface area contributed by atoms with Crippen molar-refractivity contribution in [3.05, 3.63) is 30.3 Å². The van der Waals surface area contributed by atoms with Crippen LogP contribution in [0.4, 0.5) is 5.69 Å². The number of unbranched alkanes of at least 4 members (excludes halogenated alkanes) is 3. The number of benzene rings is 1. The fourth-order valence-corrected chi connectivity index (χ4v) is 3.05. The molecule has 1 aromatic carbocycles. The number of amides is 2. The highest BCUT2D eigenvalue weighted by Crippen LogP contribution is 2.25. The molecule has 1 aliphatic rings. The maximum Gasteiger partial charge on any atom is 0.227 e. The molecule has 23 heavy (non-hydrogen) atoms. The van der Waals surface area contributed by atoms with Crippen molar-refractivity contribution in [2.75, 3.05) is 11.4 Å². The minimum absolute atomic E-state index is 0.0137. The number of anilines is 1. The Bertz CT molecular complexity index is 515. The predicted octanol–water partition coefficient (Wildman–Crippen LogP) is 3.51.